The Balaban J connectivity index is 0.00000253. The van der Waals surface area contributed by atoms with Crippen LogP contribution in [-0.2, 0) is 20.4 Å². The molecule has 0 N–H and O–H groups in total. The van der Waals surface area contributed by atoms with Gasteiger partial charge in [0, 0.05) is 5.69 Å². The van der Waals surface area contributed by atoms with Gasteiger partial charge in [-0.2, -0.15) is 0 Å². The van der Waals surface area contributed by atoms with Crippen molar-refractivity contribution in [1.29, 1.82) is 0 Å². The van der Waals surface area contributed by atoms with Gasteiger partial charge in [-0.3, -0.25) is 9.98 Å². The van der Waals surface area contributed by atoms with Crippen LogP contribution in [0.15, 0.2) is 120 Å². The summed E-state index contributed by atoms with van der Waals surface area (Å²) < 4.78 is 0. The molecule has 35 heavy (non-hydrogen) atoms. The molecular weight excluding hydrogens is 519 g/mol. The molecule has 6 rings (SSSR count). The number of aromatic nitrogens is 1. The molecule has 0 atom stereocenters. The van der Waals surface area contributed by atoms with Crippen molar-refractivity contribution >= 4 is 33.4 Å². The van der Waals surface area contributed by atoms with Gasteiger partial charge in [-0.05, 0) is 28.6 Å². The molecule has 0 radical (unpaired) electrons. The summed E-state index contributed by atoms with van der Waals surface area (Å²) >= 11 is 0. The average molecular weight is 539 g/mol. The van der Waals surface area contributed by atoms with Crippen molar-refractivity contribution in [2.24, 2.45) is 4.99 Å². The number of aliphatic imine (C=N–C) groups is 1. The van der Waals surface area contributed by atoms with Gasteiger partial charge >= 0.3 is 20.4 Å². The summed E-state index contributed by atoms with van der Waals surface area (Å²) in [6.07, 6.45) is 1.85. The van der Waals surface area contributed by atoms with Crippen molar-refractivity contribution < 1.29 is 20.4 Å². The number of nitrogens with zero attached hydrogens (tertiary/aromatic N) is 2. The summed E-state index contributed by atoms with van der Waals surface area (Å²) in [5.41, 5.74) is 5.68. The van der Waals surface area contributed by atoms with E-state index in [1.807, 2.05) is 66.9 Å². The van der Waals surface area contributed by atoms with Crippen LogP contribution < -0.4 is 0 Å². The molecule has 2 nitrogen and oxygen atoms in total. The molecule has 0 aliphatic heterocycles. The zero-order valence-electron chi connectivity index (χ0n) is 18.8. The molecule has 0 aliphatic carbocycles. The van der Waals surface area contributed by atoms with Crippen LogP contribution in [0.3, 0.4) is 0 Å². The van der Waals surface area contributed by atoms with E-state index < -0.39 is 0 Å². The molecule has 0 amide bonds. The van der Waals surface area contributed by atoms with E-state index in [0.29, 0.717) is 0 Å². The van der Waals surface area contributed by atoms with Crippen molar-refractivity contribution in [2.75, 3.05) is 0 Å². The number of pyridine rings is 1. The van der Waals surface area contributed by atoms with Crippen LogP contribution >= 0.6 is 0 Å². The molecule has 0 bridgehead atoms. The first-order valence-electron chi connectivity index (χ1n) is 11.3. The minimum absolute atomic E-state index is 0. The smallest absolute Gasteiger partial charge is 0.295 e. The van der Waals surface area contributed by atoms with Crippen molar-refractivity contribution in [3.05, 3.63) is 133 Å². The Morgan fingerprint density at radius 2 is 1.40 bits per heavy atom. The molecule has 1 heterocycles. The first-order valence-corrected chi connectivity index (χ1v) is 11.3. The quantitative estimate of drug-likeness (QED) is 0.127. The van der Waals surface area contributed by atoms with E-state index in [2.05, 4.69) is 66.7 Å². The van der Waals surface area contributed by atoms with Crippen molar-refractivity contribution in [1.82, 2.24) is 4.98 Å². The maximum atomic E-state index is 4.95. The largest absolute Gasteiger partial charge is 2.00 e. The molecular formula is C32H20N2Pd. The van der Waals surface area contributed by atoms with Gasteiger partial charge in [0.2, 0.25) is 0 Å². The first-order chi connectivity index (χ1) is 16.9. The molecule has 6 aromatic rings. The van der Waals surface area contributed by atoms with Crippen LogP contribution in [0.2, 0.25) is 0 Å². The number of benzene rings is 5. The first kappa shape index (κ1) is 22.9. The third-order valence-corrected chi connectivity index (χ3v) is 5.95. The summed E-state index contributed by atoms with van der Waals surface area (Å²) in [5, 5.41) is 4.59. The van der Waals surface area contributed by atoms with Crippen LogP contribution in [0.4, 0.5) is 5.69 Å². The third-order valence-electron chi connectivity index (χ3n) is 5.95. The van der Waals surface area contributed by atoms with Crippen LogP contribution in [0.25, 0.3) is 43.9 Å². The summed E-state index contributed by atoms with van der Waals surface area (Å²) in [6, 6.07) is 45.7. The maximum Gasteiger partial charge on any atom is 2.00 e. The van der Waals surface area contributed by atoms with E-state index in [1.165, 1.54) is 10.8 Å². The fourth-order valence-corrected chi connectivity index (χ4v) is 4.35. The molecule has 5 aromatic carbocycles. The Labute approximate surface area is 218 Å². The summed E-state index contributed by atoms with van der Waals surface area (Å²) in [6.45, 7) is 0. The predicted molar refractivity (Wildman–Crippen MR) is 141 cm³/mol. The molecule has 0 spiro atoms. The van der Waals surface area contributed by atoms with Gasteiger partial charge < -0.3 is 0 Å². The number of hydrogen-bond acceptors (Lipinski definition) is 2. The number of rotatable bonds is 4. The van der Waals surface area contributed by atoms with E-state index >= 15 is 0 Å². The summed E-state index contributed by atoms with van der Waals surface area (Å²) in [5.74, 6) is 0. The fourth-order valence-electron chi connectivity index (χ4n) is 4.35. The van der Waals surface area contributed by atoms with Gasteiger partial charge in [0.25, 0.3) is 0 Å². The summed E-state index contributed by atoms with van der Waals surface area (Å²) in [4.78, 5) is 9.83. The van der Waals surface area contributed by atoms with Crippen LogP contribution in [-0.4, -0.2) is 11.2 Å². The molecule has 0 saturated heterocycles. The van der Waals surface area contributed by atoms with E-state index in [1.54, 1.807) is 0 Å². The standard InChI is InChI=1S/C32H20N2.Pd/c1-2-12-24(13-3-1)32-28-17-7-5-14-25(28)21-26(34-32)22-33-31-20-9-8-18-30(31)29-19-10-15-23-11-4-6-16-27(23)29;/h1-12,14-18,20-22H;/q-2;+2. The molecule has 3 heteroatoms. The molecule has 0 saturated carbocycles. The van der Waals surface area contributed by atoms with Crippen LogP contribution in [0.5, 0.6) is 0 Å². The Morgan fingerprint density at radius 3 is 2.26 bits per heavy atom. The fraction of sp³-hybridized carbons (Fsp3) is 0. The van der Waals surface area contributed by atoms with Gasteiger partial charge in [0.1, 0.15) is 0 Å². The summed E-state index contributed by atoms with van der Waals surface area (Å²) in [7, 11) is 0. The number of para-hydroxylation sites is 1. The SMILES string of the molecule is [Pd+2].[c-]1ccccc1-c1nc(C=Nc2ccccc2-c2[c-]ccc3ccccc23)cc2ccccc12. The van der Waals surface area contributed by atoms with Gasteiger partial charge in [0.15, 0.2) is 0 Å². The van der Waals surface area contributed by atoms with E-state index in [9.17, 15) is 0 Å². The zero-order valence-corrected chi connectivity index (χ0v) is 20.3. The Hall–Kier alpha value is -3.90. The van der Waals surface area contributed by atoms with E-state index in [0.717, 1.165) is 44.5 Å². The van der Waals surface area contributed by atoms with Crippen molar-refractivity contribution in [3.63, 3.8) is 0 Å². The van der Waals surface area contributed by atoms with Crippen molar-refractivity contribution in [2.45, 2.75) is 0 Å². The molecule has 0 fully saturated rings. The molecule has 0 unspecified atom stereocenters. The predicted octanol–water partition coefficient (Wildman–Crippen LogP) is 8.07. The van der Waals surface area contributed by atoms with E-state index in [-0.39, 0.29) is 20.4 Å². The van der Waals surface area contributed by atoms with Crippen LogP contribution in [0.1, 0.15) is 5.69 Å². The minimum Gasteiger partial charge on any atom is -0.295 e. The van der Waals surface area contributed by atoms with Gasteiger partial charge in [-0.25, -0.2) is 0 Å². The topological polar surface area (TPSA) is 25.2 Å². The normalized spacial score (nSPS) is 11.1. The second-order valence-corrected chi connectivity index (χ2v) is 8.11. The monoisotopic (exact) mass is 538 g/mol. The van der Waals surface area contributed by atoms with Gasteiger partial charge in [-0.15, -0.1) is 70.4 Å². The van der Waals surface area contributed by atoms with Crippen molar-refractivity contribution in [3.8, 4) is 22.4 Å². The van der Waals surface area contributed by atoms with Crippen LogP contribution in [0, 0.1) is 12.1 Å². The molecule has 1 aromatic heterocycles. The Bertz CT molecular complexity index is 1650. The van der Waals surface area contributed by atoms with Gasteiger partial charge in [0.05, 0.1) is 11.9 Å². The number of hydrogen-bond donors (Lipinski definition) is 0. The Morgan fingerprint density at radius 1 is 0.657 bits per heavy atom. The Kier molecular flexibility index (Phi) is 6.64. The van der Waals surface area contributed by atoms with E-state index in [4.69, 9.17) is 9.98 Å². The number of fused-ring (bicyclic) bond motifs is 2. The second kappa shape index (κ2) is 10.2. The minimum atomic E-state index is 0. The molecule has 168 valence electrons. The maximum absolute atomic E-state index is 4.95. The zero-order chi connectivity index (χ0) is 22.7. The molecule has 0 aliphatic rings. The third kappa shape index (κ3) is 4.57. The second-order valence-electron chi connectivity index (χ2n) is 8.11. The van der Waals surface area contributed by atoms with Gasteiger partial charge in [-0.1, -0.05) is 72.3 Å². The average Bonchev–Trinajstić information content (AvgIpc) is 2.92.